The molecule has 112 valence electrons. The molecule has 1 N–H and O–H groups in total. The van der Waals surface area contributed by atoms with E-state index in [2.05, 4.69) is 30.6 Å². The molecule has 1 aromatic heterocycles. The van der Waals surface area contributed by atoms with E-state index in [4.69, 9.17) is 4.74 Å². The minimum absolute atomic E-state index is 0.253. The highest BCUT2D eigenvalue weighted by Crippen LogP contribution is 2.26. The molecule has 0 saturated carbocycles. The first kappa shape index (κ1) is 15.6. The maximum absolute atomic E-state index is 11.7. The highest BCUT2D eigenvalue weighted by Gasteiger charge is 2.10. The Morgan fingerprint density at radius 2 is 2.00 bits per heavy atom. The van der Waals surface area contributed by atoms with Crippen molar-refractivity contribution in [2.75, 3.05) is 11.9 Å². The number of anilines is 1. The standard InChI is InChI=1S/C17H21NO2S/c1-4-10-20-17(19)14-5-7-15(8-6-14)18-13(3)16-12(2)9-11-21-16/h5-9,11,13,18H,4,10H2,1-3H3. The van der Waals surface area contributed by atoms with Crippen molar-refractivity contribution in [2.24, 2.45) is 0 Å². The van der Waals surface area contributed by atoms with Crippen LogP contribution in [-0.4, -0.2) is 12.6 Å². The summed E-state index contributed by atoms with van der Waals surface area (Å²) in [6.07, 6.45) is 0.836. The molecule has 0 fully saturated rings. The van der Waals surface area contributed by atoms with Crippen LogP contribution >= 0.6 is 11.3 Å². The van der Waals surface area contributed by atoms with Crippen LogP contribution in [0.3, 0.4) is 0 Å². The van der Waals surface area contributed by atoms with Gasteiger partial charge < -0.3 is 10.1 Å². The Labute approximate surface area is 130 Å². The quantitative estimate of drug-likeness (QED) is 0.779. The number of rotatable bonds is 6. The maximum Gasteiger partial charge on any atom is 0.338 e. The van der Waals surface area contributed by atoms with E-state index in [0.29, 0.717) is 12.2 Å². The predicted molar refractivity (Wildman–Crippen MR) is 88.1 cm³/mol. The van der Waals surface area contributed by atoms with Crippen molar-refractivity contribution in [3.05, 3.63) is 51.7 Å². The zero-order valence-corrected chi connectivity index (χ0v) is 13.5. The minimum Gasteiger partial charge on any atom is -0.462 e. The Hall–Kier alpha value is -1.81. The molecule has 2 rings (SSSR count). The van der Waals surface area contributed by atoms with E-state index < -0.39 is 0 Å². The van der Waals surface area contributed by atoms with Gasteiger partial charge in [0.2, 0.25) is 0 Å². The van der Waals surface area contributed by atoms with Gasteiger partial charge in [0.1, 0.15) is 0 Å². The molecule has 1 aromatic carbocycles. The molecule has 2 aromatic rings. The van der Waals surface area contributed by atoms with Crippen molar-refractivity contribution >= 4 is 23.0 Å². The third-order valence-corrected chi connectivity index (χ3v) is 4.44. The van der Waals surface area contributed by atoms with E-state index in [0.717, 1.165) is 12.1 Å². The zero-order valence-electron chi connectivity index (χ0n) is 12.7. The van der Waals surface area contributed by atoms with E-state index in [1.807, 2.05) is 19.1 Å². The molecule has 0 amide bonds. The fraction of sp³-hybridized carbons (Fsp3) is 0.353. The second-order valence-electron chi connectivity index (χ2n) is 5.05. The number of hydrogen-bond acceptors (Lipinski definition) is 4. The van der Waals surface area contributed by atoms with Crippen LogP contribution in [0, 0.1) is 6.92 Å². The molecule has 1 atom stereocenters. The SMILES string of the molecule is CCCOC(=O)c1ccc(NC(C)c2sccc2C)cc1. The molecular weight excluding hydrogens is 282 g/mol. The molecule has 0 aliphatic rings. The van der Waals surface area contributed by atoms with Gasteiger partial charge in [0.25, 0.3) is 0 Å². The first-order valence-electron chi connectivity index (χ1n) is 7.19. The number of ether oxygens (including phenoxy) is 1. The van der Waals surface area contributed by atoms with Crippen molar-refractivity contribution in [1.29, 1.82) is 0 Å². The molecule has 0 aliphatic heterocycles. The fourth-order valence-corrected chi connectivity index (χ4v) is 3.06. The Balaban J connectivity index is 1.99. The summed E-state index contributed by atoms with van der Waals surface area (Å²) in [4.78, 5) is 13.1. The van der Waals surface area contributed by atoms with Crippen molar-refractivity contribution in [1.82, 2.24) is 0 Å². The highest BCUT2D eigenvalue weighted by atomic mass is 32.1. The summed E-state index contributed by atoms with van der Waals surface area (Å²) in [7, 11) is 0. The highest BCUT2D eigenvalue weighted by molar-refractivity contribution is 7.10. The molecule has 0 bridgehead atoms. The Kier molecular flexibility index (Phi) is 5.39. The monoisotopic (exact) mass is 303 g/mol. The van der Waals surface area contributed by atoms with Crippen molar-refractivity contribution < 1.29 is 9.53 Å². The Morgan fingerprint density at radius 1 is 1.29 bits per heavy atom. The minimum atomic E-state index is -0.259. The second kappa shape index (κ2) is 7.27. The lowest BCUT2D eigenvalue weighted by Crippen LogP contribution is -2.08. The van der Waals surface area contributed by atoms with Crippen LogP contribution in [0.1, 0.15) is 47.1 Å². The van der Waals surface area contributed by atoms with Gasteiger partial charge in [-0.3, -0.25) is 0 Å². The number of esters is 1. The van der Waals surface area contributed by atoms with Gasteiger partial charge in [0.15, 0.2) is 0 Å². The molecule has 0 saturated heterocycles. The fourth-order valence-electron chi connectivity index (χ4n) is 2.12. The summed E-state index contributed by atoms with van der Waals surface area (Å²) in [6.45, 7) is 6.71. The molecule has 0 radical (unpaired) electrons. The number of hydrogen-bond donors (Lipinski definition) is 1. The van der Waals surface area contributed by atoms with Crippen LogP contribution in [0.15, 0.2) is 35.7 Å². The third-order valence-electron chi connectivity index (χ3n) is 3.24. The van der Waals surface area contributed by atoms with Crippen LogP contribution in [0.25, 0.3) is 0 Å². The number of carbonyl (C=O) groups excluding carboxylic acids is 1. The van der Waals surface area contributed by atoms with Crippen LogP contribution < -0.4 is 5.32 Å². The molecule has 21 heavy (non-hydrogen) atoms. The topological polar surface area (TPSA) is 38.3 Å². The van der Waals surface area contributed by atoms with Gasteiger partial charge in [-0.1, -0.05) is 6.92 Å². The maximum atomic E-state index is 11.7. The predicted octanol–water partition coefficient (Wildman–Crippen LogP) is 4.80. The lowest BCUT2D eigenvalue weighted by molar-refractivity contribution is 0.0505. The van der Waals surface area contributed by atoms with Gasteiger partial charge in [-0.2, -0.15) is 0 Å². The summed E-state index contributed by atoms with van der Waals surface area (Å²) in [6, 6.07) is 9.82. The lowest BCUT2D eigenvalue weighted by Gasteiger charge is -2.15. The van der Waals surface area contributed by atoms with Crippen LogP contribution in [0.4, 0.5) is 5.69 Å². The molecule has 0 aliphatic carbocycles. The number of aryl methyl sites for hydroxylation is 1. The number of thiophene rings is 1. The summed E-state index contributed by atoms with van der Waals surface area (Å²) < 4.78 is 5.12. The second-order valence-corrected chi connectivity index (χ2v) is 5.99. The normalized spacial score (nSPS) is 12.0. The zero-order chi connectivity index (χ0) is 15.2. The van der Waals surface area contributed by atoms with Crippen LogP contribution in [0.5, 0.6) is 0 Å². The average Bonchev–Trinajstić information content (AvgIpc) is 2.91. The average molecular weight is 303 g/mol. The van der Waals surface area contributed by atoms with Crippen LogP contribution in [-0.2, 0) is 4.74 Å². The molecular formula is C17H21NO2S. The molecule has 4 heteroatoms. The summed E-state index contributed by atoms with van der Waals surface area (Å²) in [5.74, 6) is -0.259. The number of benzene rings is 1. The van der Waals surface area contributed by atoms with E-state index in [1.165, 1.54) is 10.4 Å². The molecule has 0 spiro atoms. The first-order valence-corrected chi connectivity index (χ1v) is 8.07. The Bertz CT molecular complexity index is 589. The van der Waals surface area contributed by atoms with Crippen molar-refractivity contribution in [2.45, 2.75) is 33.2 Å². The summed E-state index contributed by atoms with van der Waals surface area (Å²) in [5.41, 5.74) is 2.90. The molecule has 3 nitrogen and oxygen atoms in total. The van der Waals surface area contributed by atoms with Crippen LogP contribution in [0.2, 0.25) is 0 Å². The largest absolute Gasteiger partial charge is 0.462 e. The van der Waals surface area contributed by atoms with Gasteiger partial charge in [0.05, 0.1) is 18.2 Å². The molecule has 1 unspecified atom stereocenters. The van der Waals surface area contributed by atoms with Gasteiger partial charge in [0, 0.05) is 10.6 Å². The lowest BCUT2D eigenvalue weighted by atomic mass is 10.1. The number of carbonyl (C=O) groups is 1. The van der Waals surface area contributed by atoms with Crippen molar-refractivity contribution in [3.63, 3.8) is 0 Å². The van der Waals surface area contributed by atoms with E-state index in [-0.39, 0.29) is 12.0 Å². The van der Waals surface area contributed by atoms with Gasteiger partial charge in [-0.25, -0.2) is 4.79 Å². The Morgan fingerprint density at radius 3 is 2.57 bits per heavy atom. The third kappa shape index (κ3) is 4.08. The van der Waals surface area contributed by atoms with Gasteiger partial charge >= 0.3 is 5.97 Å². The summed E-state index contributed by atoms with van der Waals surface area (Å²) >= 11 is 1.76. The number of nitrogens with one attached hydrogen (secondary N) is 1. The van der Waals surface area contributed by atoms with Gasteiger partial charge in [-0.05, 0) is 61.5 Å². The van der Waals surface area contributed by atoms with E-state index in [1.54, 1.807) is 23.5 Å². The van der Waals surface area contributed by atoms with Crippen molar-refractivity contribution in [3.8, 4) is 0 Å². The summed E-state index contributed by atoms with van der Waals surface area (Å²) in [5, 5.41) is 5.56. The van der Waals surface area contributed by atoms with E-state index in [9.17, 15) is 4.79 Å². The van der Waals surface area contributed by atoms with E-state index >= 15 is 0 Å². The first-order chi connectivity index (χ1) is 10.1. The molecule has 1 heterocycles. The smallest absolute Gasteiger partial charge is 0.338 e. The van der Waals surface area contributed by atoms with Gasteiger partial charge in [-0.15, -0.1) is 11.3 Å².